The minimum absolute atomic E-state index is 0.0221. The summed E-state index contributed by atoms with van der Waals surface area (Å²) >= 11 is 0. The molecule has 1 heterocycles. The Bertz CT molecular complexity index is 291. The molecule has 0 aliphatic carbocycles. The molecule has 0 saturated carbocycles. The number of aliphatic hydroxyl groups excluding tert-OH is 1. The van der Waals surface area contributed by atoms with Crippen LogP contribution in [0.25, 0.3) is 0 Å². The second-order valence-electron chi connectivity index (χ2n) is 6.37. The van der Waals surface area contributed by atoms with Crippen molar-refractivity contribution in [2.45, 2.75) is 52.6 Å². The average Bonchev–Trinajstić information content (AvgIpc) is 2.44. The summed E-state index contributed by atoms with van der Waals surface area (Å²) in [4.78, 5) is 14.2. The van der Waals surface area contributed by atoms with Crippen molar-refractivity contribution in [1.29, 1.82) is 0 Å². The molecule has 1 aliphatic heterocycles. The lowest BCUT2D eigenvalue weighted by molar-refractivity contribution is 0.144. The van der Waals surface area contributed by atoms with Crippen molar-refractivity contribution >= 4 is 6.03 Å². The monoisotopic (exact) mass is 285 g/mol. The summed E-state index contributed by atoms with van der Waals surface area (Å²) in [7, 11) is 0. The van der Waals surface area contributed by atoms with Crippen molar-refractivity contribution in [2.75, 3.05) is 26.2 Å². The predicted molar refractivity (Wildman–Crippen MR) is 81.7 cm³/mol. The lowest BCUT2D eigenvalue weighted by Crippen LogP contribution is -2.49. The van der Waals surface area contributed by atoms with Gasteiger partial charge in [-0.15, -0.1) is 0 Å². The van der Waals surface area contributed by atoms with Crippen molar-refractivity contribution in [3.63, 3.8) is 0 Å². The van der Waals surface area contributed by atoms with Gasteiger partial charge in [0, 0.05) is 25.2 Å². The Hall–Kier alpha value is -0.810. The van der Waals surface area contributed by atoms with E-state index < -0.39 is 0 Å². The molecule has 1 fully saturated rings. The van der Waals surface area contributed by atoms with Gasteiger partial charge in [0.1, 0.15) is 0 Å². The van der Waals surface area contributed by atoms with Gasteiger partial charge < -0.3 is 15.7 Å². The number of likely N-dealkylation sites (tertiary alicyclic amines) is 1. The van der Waals surface area contributed by atoms with E-state index in [1.165, 1.54) is 12.8 Å². The highest BCUT2D eigenvalue weighted by molar-refractivity contribution is 5.74. The highest BCUT2D eigenvalue weighted by atomic mass is 16.3. The highest BCUT2D eigenvalue weighted by Crippen LogP contribution is 2.17. The fourth-order valence-electron chi connectivity index (χ4n) is 2.40. The maximum atomic E-state index is 11.8. The number of piperidine rings is 1. The number of hydrogen-bond donors (Lipinski definition) is 3. The summed E-state index contributed by atoms with van der Waals surface area (Å²) in [6.45, 7) is 11.3. The molecule has 1 rings (SSSR count). The Kier molecular flexibility index (Phi) is 7.30. The Morgan fingerprint density at radius 3 is 2.45 bits per heavy atom. The van der Waals surface area contributed by atoms with E-state index in [0.717, 1.165) is 19.0 Å². The number of carbonyl (C=O) groups excluding carboxylic acids is 1. The lowest BCUT2D eigenvalue weighted by atomic mass is 9.98. The van der Waals surface area contributed by atoms with Crippen LogP contribution in [0.15, 0.2) is 0 Å². The molecule has 1 aliphatic rings. The number of nitrogens with zero attached hydrogens (tertiary/aromatic N) is 1. The van der Waals surface area contributed by atoms with Crippen LogP contribution in [0.4, 0.5) is 4.79 Å². The Morgan fingerprint density at radius 1 is 1.30 bits per heavy atom. The number of urea groups is 1. The molecule has 3 N–H and O–H groups in total. The van der Waals surface area contributed by atoms with Gasteiger partial charge in [0.25, 0.3) is 0 Å². The first-order chi connectivity index (χ1) is 9.43. The molecule has 118 valence electrons. The molecule has 0 aromatic carbocycles. The third-order valence-electron chi connectivity index (χ3n) is 4.50. The van der Waals surface area contributed by atoms with E-state index in [4.69, 9.17) is 5.11 Å². The zero-order valence-electron chi connectivity index (χ0n) is 13.4. The molecule has 20 heavy (non-hydrogen) atoms. The van der Waals surface area contributed by atoms with Gasteiger partial charge in [0.05, 0.1) is 0 Å². The topological polar surface area (TPSA) is 64.6 Å². The molecular weight excluding hydrogens is 254 g/mol. The van der Waals surface area contributed by atoms with E-state index in [0.29, 0.717) is 12.6 Å². The SMILES string of the molecule is CC1CCN(C(C)CNC(=O)NC(C)C(C)CO)CC1. The average molecular weight is 285 g/mol. The van der Waals surface area contributed by atoms with E-state index in [1.54, 1.807) is 0 Å². The molecule has 1 saturated heterocycles. The molecule has 5 nitrogen and oxygen atoms in total. The molecule has 0 bridgehead atoms. The molecular formula is C15H31N3O2. The number of aliphatic hydroxyl groups is 1. The second kappa shape index (κ2) is 8.47. The van der Waals surface area contributed by atoms with E-state index in [2.05, 4.69) is 29.4 Å². The first-order valence-corrected chi connectivity index (χ1v) is 7.83. The zero-order valence-corrected chi connectivity index (χ0v) is 13.4. The minimum Gasteiger partial charge on any atom is -0.396 e. The summed E-state index contributed by atoms with van der Waals surface area (Å²) < 4.78 is 0. The fourth-order valence-corrected chi connectivity index (χ4v) is 2.40. The zero-order chi connectivity index (χ0) is 15.1. The van der Waals surface area contributed by atoms with Gasteiger partial charge in [0.2, 0.25) is 0 Å². The van der Waals surface area contributed by atoms with Gasteiger partial charge >= 0.3 is 6.03 Å². The van der Waals surface area contributed by atoms with Crippen LogP contribution >= 0.6 is 0 Å². The maximum Gasteiger partial charge on any atom is 0.315 e. The quantitative estimate of drug-likeness (QED) is 0.691. The predicted octanol–water partition coefficient (Wildman–Crippen LogP) is 1.42. The largest absolute Gasteiger partial charge is 0.396 e. The number of nitrogens with one attached hydrogen (secondary N) is 2. The van der Waals surface area contributed by atoms with E-state index in [1.807, 2.05) is 13.8 Å². The molecule has 3 atom stereocenters. The molecule has 0 aromatic heterocycles. The molecule has 0 spiro atoms. The maximum absolute atomic E-state index is 11.8. The van der Waals surface area contributed by atoms with E-state index >= 15 is 0 Å². The second-order valence-corrected chi connectivity index (χ2v) is 6.37. The standard InChI is InChI=1S/C15H31N3O2/c1-11-5-7-18(8-6-11)13(3)9-16-15(20)17-14(4)12(2)10-19/h11-14,19H,5-10H2,1-4H3,(H2,16,17,20). The van der Waals surface area contributed by atoms with Gasteiger partial charge in [-0.2, -0.15) is 0 Å². The third-order valence-corrected chi connectivity index (χ3v) is 4.50. The molecule has 2 amide bonds. The van der Waals surface area contributed by atoms with Gasteiger partial charge in [-0.25, -0.2) is 4.79 Å². The van der Waals surface area contributed by atoms with Crippen LogP contribution in [-0.4, -0.2) is 54.4 Å². The number of carbonyl (C=O) groups is 1. The molecule has 5 heteroatoms. The van der Waals surface area contributed by atoms with Gasteiger partial charge in [-0.05, 0) is 51.6 Å². The molecule has 0 aromatic rings. The summed E-state index contributed by atoms with van der Waals surface area (Å²) in [6, 6.07) is 0.208. The van der Waals surface area contributed by atoms with Gasteiger partial charge in [-0.1, -0.05) is 13.8 Å². The van der Waals surface area contributed by atoms with Crippen molar-refractivity contribution < 1.29 is 9.90 Å². The smallest absolute Gasteiger partial charge is 0.315 e. The number of amides is 2. The first kappa shape index (κ1) is 17.2. The lowest BCUT2D eigenvalue weighted by Gasteiger charge is -2.35. The summed E-state index contributed by atoms with van der Waals surface area (Å²) in [5, 5.41) is 14.8. The summed E-state index contributed by atoms with van der Waals surface area (Å²) in [6.07, 6.45) is 2.50. The Labute approximate surface area is 123 Å². The summed E-state index contributed by atoms with van der Waals surface area (Å²) in [5.41, 5.74) is 0. The van der Waals surface area contributed by atoms with Crippen molar-refractivity contribution in [3.05, 3.63) is 0 Å². The van der Waals surface area contributed by atoms with Crippen LogP contribution in [0.3, 0.4) is 0 Å². The highest BCUT2D eigenvalue weighted by Gasteiger charge is 2.21. The van der Waals surface area contributed by atoms with Crippen LogP contribution in [-0.2, 0) is 0 Å². The van der Waals surface area contributed by atoms with Crippen molar-refractivity contribution in [1.82, 2.24) is 15.5 Å². The first-order valence-electron chi connectivity index (χ1n) is 7.83. The number of rotatable bonds is 6. The van der Waals surface area contributed by atoms with E-state index in [9.17, 15) is 4.79 Å². The number of hydrogen-bond acceptors (Lipinski definition) is 3. The molecule has 3 unspecified atom stereocenters. The molecule has 0 radical (unpaired) electrons. The van der Waals surface area contributed by atoms with Crippen LogP contribution in [0.1, 0.15) is 40.5 Å². The minimum atomic E-state index is -0.143. The van der Waals surface area contributed by atoms with Gasteiger partial charge in [-0.3, -0.25) is 4.90 Å². The normalized spacial score (nSPS) is 22.1. The van der Waals surface area contributed by atoms with Crippen molar-refractivity contribution in [3.8, 4) is 0 Å². The van der Waals surface area contributed by atoms with E-state index in [-0.39, 0.29) is 24.6 Å². The van der Waals surface area contributed by atoms with Crippen molar-refractivity contribution in [2.24, 2.45) is 11.8 Å². The Morgan fingerprint density at radius 2 is 1.90 bits per heavy atom. The summed E-state index contributed by atoms with van der Waals surface area (Å²) in [5.74, 6) is 0.900. The third kappa shape index (κ3) is 5.67. The van der Waals surface area contributed by atoms with Crippen LogP contribution in [0.5, 0.6) is 0 Å². The van der Waals surface area contributed by atoms with Gasteiger partial charge in [0.15, 0.2) is 0 Å². The van der Waals surface area contributed by atoms with Crippen LogP contribution in [0, 0.1) is 11.8 Å². The van der Waals surface area contributed by atoms with Crippen LogP contribution in [0.2, 0.25) is 0 Å². The Balaban J connectivity index is 2.23. The van der Waals surface area contributed by atoms with Crippen LogP contribution < -0.4 is 10.6 Å². The fraction of sp³-hybridized carbons (Fsp3) is 0.933.